The Hall–Kier alpha value is -1.67. The van der Waals surface area contributed by atoms with Crippen LogP contribution in [0.5, 0.6) is 0 Å². The minimum absolute atomic E-state index is 0.253. The van der Waals surface area contributed by atoms with Crippen LogP contribution in [0.1, 0.15) is 373 Å². The van der Waals surface area contributed by atoms with Crippen LogP contribution in [-0.4, -0.2) is 110 Å². The number of unbranched alkanes of at least 4 members (excludes halogenated alkanes) is 49. The van der Waals surface area contributed by atoms with Gasteiger partial charge in [-0.15, -0.1) is 0 Å². The Bertz CT molecular complexity index is 1510. The first-order valence-electron chi connectivity index (χ1n) is 37.9. The SMILES string of the molecule is CCCCCCCCCCC/C=C\C/C=C\CCCCCCCCCCCCCCC(O)C(=O)NC(COC1OC(CO)C(O)C(O)C1O)C(O)C(O)CCC/C=C/CCCCCCCCCCCCCCCCCCCCCCCCCCCCC. The second kappa shape index (κ2) is 64.4. The minimum Gasteiger partial charge on any atom is -0.394 e. The number of rotatable bonds is 67. The first-order valence-corrected chi connectivity index (χ1v) is 37.9. The van der Waals surface area contributed by atoms with E-state index in [1.54, 1.807) is 0 Å². The molecule has 9 atom stereocenters. The van der Waals surface area contributed by atoms with Crippen LogP contribution >= 0.6 is 0 Å². The highest BCUT2D eigenvalue weighted by molar-refractivity contribution is 5.80. The predicted molar refractivity (Wildman–Crippen MR) is 367 cm³/mol. The summed E-state index contributed by atoms with van der Waals surface area (Å²) >= 11 is 0. The monoisotopic (exact) mass is 1230 g/mol. The van der Waals surface area contributed by atoms with Gasteiger partial charge in [-0.25, -0.2) is 0 Å². The molecule has 0 aromatic carbocycles. The van der Waals surface area contributed by atoms with Gasteiger partial charge in [-0.1, -0.05) is 339 Å². The summed E-state index contributed by atoms with van der Waals surface area (Å²) in [6.07, 6.45) is 72.5. The van der Waals surface area contributed by atoms with Crippen molar-refractivity contribution in [2.24, 2.45) is 0 Å². The summed E-state index contributed by atoms with van der Waals surface area (Å²) < 4.78 is 11.2. The molecule has 11 heteroatoms. The first kappa shape index (κ1) is 83.3. The number of hydrogen-bond donors (Lipinski definition) is 8. The Labute approximate surface area is 537 Å². The van der Waals surface area contributed by atoms with E-state index in [1.165, 1.54) is 289 Å². The molecule has 1 saturated heterocycles. The molecule has 0 aliphatic carbocycles. The number of ether oxygens (including phenoxy) is 2. The summed E-state index contributed by atoms with van der Waals surface area (Å²) in [6.45, 7) is 3.50. The van der Waals surface area contributed by atoms with Gasteiger partial charge in [0, 0.05) is 0 Å². The van der Waals surface area contributed by atoms with E-state index in [2.05, 4.69) is 55.6 Å². The van der Waals surface area contributed by atoms with Crippen LogP contribution in [0, 0.1) is 0 Å². The van der Waals surface area contributed by atoms with Crippen LogP contribution in [-0.2, 0) is 14.3 Å². The molecule has 8 N–H and O–H groups in total. The zero-order valence-electron chi connectivity index (χ0n) is 57.0. The molecule has 0 bridgehead atoms. The number of aliphatic hydroxyl groups is 7. The summed E-state index contributed by atoms with van der Waals surface area (Å²) in [5, 5.41) is 76.6. The van der Waals surface area contributed by atoms with Crippen molar-refractivity contribution in [3.8, 4) is 0 Å². The van der Waals surface area contributed by atoms with E-state index in [0.717, 1.165) is 44.9 Å². The molecule has 1 heterocycles. The predicted octanol–water partition coefficient (Wildman–Crippen LogP) is 18.9. The first-order chi connectivity index (χ1) is 42.7. The van der Waals surface area contributed by atoms with E-state index in [1.807, 2.05) is 0 Å². The van der Waals surface area contributed by atoms with Crippen molar-refractivity contribution in [2.75, 3.05) is 13.2 Å². The van der Waals surface area contributed by atoms with Gasteiger partial charge in [0.25, 0.3) is 0 Å². The Morgan fingerprint density at radius 1 is 0.402 bits per heavy atom. The zero-order chi connectivity index (χ0) is 63.1. The lowest BCUT2D eigenvalue weighted by Gasteiger charge is -2.40. The van der Waals surface area contributed by atoms with Gasteiger partial charge >= 0.3 is 0 Å². The molecule has 1 aliphatic rings. The van der Waals surface area contributed by atoms with Crippen LogP contribution in [0.25, 0.3) is 0 Å². The third kappa shape index (κ3) is 51.5. The van der Waals surface area contributed by atoms with Crippen molar-refractivity contribution in [1.29, 1.82) is 0 Å². The van der Waals surface area contributed by atoms with Gasteiger partial charge < -0.3 is 50.5 Å². The van der Waals surface area contributed by atoms with Crippen molar-refractivity contribution in [3.63, 3.8) is 0 Å². The van der Waals surface area contributed by atoms with Crippen molar-refractivity contribution in [1.82, 2.24) is 5.32 Å². The standard InChI is InChI=1S/C76H145NO10/c1-3-5-7-9-11-13-15-17-19-21-23-25-27-29-31-33-34-35-36-38-39-41-43-45-47-49-51-53-55-57-59-61-63-68(79)71(81)67(66-86-76-74(84)73(83)72(82)70(65-78)87-76)77-75(85)69(80)64-62-60-58-56-54-52-50-48-46-44-42-40-37-32-30-28-26-24-22-20-18-16-14-12-10-8-6-4-2/h24,26,30,32,55,57,67-74,76,78-84H,3-23,25,27-29,31,33-54,56,58-66H2,1-2H3,(H,77,85)/b26-24-,32-30-,57-55+. The van der Waals surface area contributed by atoms with Gasteiger partial charge in [0.1, 0.15) is 36.6 Å². The summed E-state index contributed by atoms with van der Waals surface area (Å²) in [5.74, 6) is -0.702. The Morgan fingerprint density at radius 2 is 0.713 bits per heavy atom. The zero-order valence-corrected chi connectivity index (χ0v) is 57.0. The Kier molecular flexibility index (Phi) is 61.7. The molecule has 87 heavy (non-hydrogen) atoms. The Morgan fingerprint density at radius 3 is 1.06 bits per heavy atom. The fourth-order valence-corrected chi connectivity index (χ4v) is 12.4. The third-order valence-electron chi connectivity index (χ3n) is 18.4. The topological polar surface area (TPSA) is 189 Å². The van der Waals surface area contributed by atoms with Crippen LogP contribution in [0.2, 0.25) is 0 Å². The van der Waals surface area contributed by atoms with Crippen molar-refractivity contribution in [2.45, 2.75) is 428 Å². The highest BCUT2D eigenvalue weighted by atomic mass is 16.7. The molecule has 1 amide bonds. The van der Waals surface area contributed by atoms with E-state index in [0.29, 0.717) is 12.8 Å². The van der Waals surface area contributed by atoms with Crippen molar-refractivity contribution < 1.29 is 50.0 Å². The van der Waals surface area contributed by atoms with E-state index in [-0.39, 0.29) is 12.8 Å². The lowest BCUT2D eigenvalue weighted by molar-refractivity contribution is -0.303. The summed E-state index contributed by atoms with van der Waals surface area (Å²) in [5.41, 5.74) is 0. The summed E-state index contributed by atoms with van der Waals surface area (Å²) in [4.78, 5) is 13.3. The maximum absolute atomic E-state index is 13.3. The van der Waals surface area contributed by atoms with Gasteiger partial charge in [-0.05, 0) is 70.6 Å². The Balaban J connectivity index is 2.18. The third-order valence-corrected chi connectivity index (χ3v) is 18.4. The molecule has 1 fully saturated rings. The molecule has 1 rings (SSSR count). The normalized spacial score (nSPS) is 18.8. The second-order valence-corrected chi connectivity index (χ2v) is 26.7. The lowest BCUT2D eigenvalue weighted by atomic mass is 9.98. The van der Waals surface area contributed by atoms with E-state index >= 15 is 0 Å². The van der Waals surface area contributed by atoms with Crippen LogP contribution in [0.15, 0.2) is 36.5 Å². The summed E-state index contributed by atoms with van der Waals surface area (Å²) in [7, 11) is 0. The molecule has 0 saturated carbocycles. The molecule has 0 aromatic rings. The molecule has 11 nitrogen and oxygen atoms in total. The molecule has 9 unspecified atom stereocenters. The number of nitrogens with one attached hydrogen (secondary N) is 1. The molecule has 0 radical (unpaired) electrons. The number of carbonyl (C=O) groups excluding carboxylic acids is 1. The fourth-order valence-electron chi connectivity index (χ4n) is 12.4. The molecular weight excluding hydrogens is 1090 g/mol. The molecule has 514 valence electrons. The number of aliphatic hydroxyl groups excluding tert-OH is 7. The van der Waals surface area contributed by atoms with Crippen LogP contribution in [0.4, 0.5) is 0 Å². The van der Waals surface area contributed by atoms with Crippen molar-refractivity contribution in [3.05, 3.63) is 36.5 Å². The van der Waals surface area contributed by atoms with Gasteiger partial charge in [-0.2, -0.15) is 0 Å². The number of hydrogen-bond acceptors (Lipinski definition) is 10. The number of amides is 1. The fraction of sp³-hybridized carbons (Fsp3) is 0.908. The van der Waals surface area contributed by atoms with E-state index in [9.17, 15) is 40.5 Å². The van der Waals surface area contributed by atoms with Gasteiger partial charge in [0.2, 0.25) is 5.91 Å². The highest BCUT2D eigenvalue weighted by Crippen LogP contribution is 2.24. The number of carbonyl (C=O) groups is 1. The largest absolute Gasteiger partial charge is 0.394 e. The highest BCUT2D eigenvalue weighted by Gasteiger charge is 2.44. The second-order valence-electron chi connectivity index (χ2n) is 26.7. The molecule has 0 aromatic heterocycles. The quantitative estimate of drug-likeness (QED) is 0.0215. The average molecular weight is 1230 g/mol. The van der Waals surface area contributed by atoms with Gasteiger partial charge in [0.05, 0.1) is 25.4 Å². The minimum atomic E-state index is -1.67. The van der Waals surface area contributed by atoms with Gasteiger partial charge in [-0.3, -0.25) is 4.79 Å². The van der Waals surface area contributed by atoms with Crippen molar-refractivity contribution >= 4 is 5.91 Å². The average Bonchev–Trinajstić information content (AvgIpc) is 1.97. The van der Waals surface area contributed by atoms with Crippen LogP contribution < -0.4 is 5.32 Å². The molecule has 0 spiro atoms. The molecular formula is C76H145NO10. The van der Waals surface area contributed by atoms with Crippen LogP contribution in [0.3, 0.4) is 0 Å². The van der Waals surface area contributed by atoms with Gasteiger partial charge in [0.15, 0.2) is 6.29 Å². The summed E-state index contributed by atoms with van der Waals surface area (Å²) in [6, 6.07) is -1.19. The number of allylic oxidation sites excluding steroid dienone is 6. The lowest BCUT2D eigenvalue weighted by Crippen LogP contribution is -2.60. The smallest absolute Gasteiger partial charge is 0.249 e. The maximum atomic E-state index is 13.3. The van der Waals surface area contributed by atoms with E-state index in [4.69, 9.17) is 9.47 Å². The molecule has 1 aliphatic heterocycles. The van der Waals surface area contributed by atoms with E-state index < -0.39 is 74.2 Å². The maximum Gasteiger partial charge on any atom is 0.249 e.